The monoisotopic (exact) mass is 322 g/mol. The average Bonchev–Trinajstić information content (AvgIpc) is 2.46. The van der Waals surface area contributed by atoms with Crippen molar-refractivity contribution in [1.82, 2.24) is 0 Å². The molecule has 0 heterocycles. The molecule has 1 atom stereocenters. The Morgan fingerprint density at radius 3 is 2.38 bits per heavy atom. The van der Waals surface area contributed by atoms with Crippen molar-refractivity contribution in [3.05, 3.63) is 64.4 Å². The van der Waals surface area contributed by atoms with E-state index in [0.717, 1.165) is 5.56 Å². The van der Waals surface area contributed by atoms with Crippen molar-refractivity contribution < 1.29 is 4.39 Å². The Morgan fingerprint density at radius 1 is 1.24 bits per heavy atom. The topological polar surface area (TPSA) is 29.3 Å². The number of rotatable bonds is 4. The van der Waals surface area contributed by atoms with Gasteiger partial charge in [0.25, 0.3) is 0 Å². The lowest BCUT2D eigenvalue weighted by molar-refractivity contribution is 0.611. The molecule has 110 valence electrons. The first-order valence-electron chi connectivity index (χ1n) is 6.48. The first-order chi connectivity index (χ1) is 9.90. The van der Waals surface area contributed by atoms with Crippen LogP contribution in [-0.2, 0) is 0 Å². The maximum absolute atomic E-state index is 14.2. The van der Waals surface area contributed by atoms with Gasteiger partial charge in [-0.25, -0.2) is 4.39 Å². The van der Waals surface area contributed by atoms with Gasteiger partial charge in [-0.05, 0) is 42.8 Å². The van der Waals surface area contributed by atoms with Crippen molar-refractivity contribution in [1.29, 1.82) is 0 Å². The molecular weight excluding hydrogens is 307 g/mol. The van der Waals surface area contributed by atoms with Gasteiger partial charge in [0.1, 0.15) is 10.8 Å². The highest BCUT2D eigenvalue weighted by Crippen LogP contribution is 2.28. The molecule has 0 saturated heterocycles. The van der Waals surface area contributed by atoms with Crippen molar-refractivity contribution in [3.8, 4) is 0 Å². The van der Waals surface area contributed by atoms with Gasteiger partial charge in [0.05, 0.1) is 11.7 Å². The van der Waals surface area contributed by atoms with Gasteiger partial charge < -0.3 is 10.6 Å². The molecule has 0 aliphatic carbocycles. The largest absolute Gasteiger partial charge is 0.389 e. The molecule has 0 saturated carbocycles. The van der Waals surface area contributed by atoms with Gasteiger partial charge >= 0.3 is 0 Å². The maximum atomic E-state index is 14.2. The zero-order valence-electron chi connectivity index (χ0n) is 11.8. The van der Waals surface area contributed by atoms with Crippen LogP contribution >= 0.6 is 23.8 Å². The normalized spacial score (nSPS) is 12.0. The SMILES string of the molecule is CC(c1ccc(Cl)cc1)N(C)c1ccc(C(N)=S)cc1F. The van der Waals surface area contributed by atoms with Crippen molar-refractivity contribution in [2.45, 2.75) is 13.0 Å². The lowest BCUT2D eigenvalue weighted by Crippen LogP contribution is -2.23. The van der Waals surface area contributed by atoms with Gasteiger partial charge in [0.2, 0.25) is 0 Å². The van der Waals surface area contributed by atoms with Crippen LogP contribution in [0.5, 0.6) is 0 Å². The highest BCUT2D eigenvalue weighted by Gasteiger charge is 2.16. The predicted molar refractivity (Wildman–Crippen MR) is 90.6 cm³/mol. The Bertz CT molecular complexity index is 658. The summed E-state index contributed by atoms with van der Waals surface area (Å²) in [5.41, 5.74) is 7.59. The summed E-state index contributed by atoms with van der Waals surface area (Å²) >= 11 is 10.7. The van der Waals surface area contributed by atoms with Crippen LogP contribution in [0, 0.1) is 5.82 Å². The number of hydrogen-bond donors (Lipinski definition) is 1. The molecule has 2 aromatic rings. The summed E-state index contributed by atoms with van der Waals surface area (Å²) in [4.78, 5) is 2.05. The quantitative estimate of drug-likeness (QED) is 0.850. The summed E-state index contributed by atoms with van der Waals surface area (Å²) < 4.78 is 14.2. The second kappa shape index (κ2) is 6.41. The van der Waals surface area contributed by atoms with E-state index < -0.39 is 0 Å². The number of benzene rings is 2. The van der Waals surface area contributed by atoms with E-state index in [9.17, 15) is 4.39 Å². The van der Waals surface area contributed by atoms with Crippen LogP contribution in [0.2, 0.25) is 5.02 Å². The number of nitrogens with two attached hydrogens (primary N) is 1. The Morgan fingerprint density at radius 2 is 1.86 bits per heavy atom. The Kier molecular flexibility index (Phi) is 4.80. The van der Waals surface area contributed by atoms with Crippen LogP contribution in [0.25, 0.3) is 0 Å². The fourth-order valence-corrected chi connectivity index (χ4v) is 2.37. The molecule has 0 spiro atoms. The average molecular weight is 323 g/mol. The molecule has 2 nitrogen and oxygen atoms in total. The molecule has 0 amide bonds. The zero-order chi connectivity index (χ0) is 15.6. The van der Waals surface area contributed by atoms with E-state index in [1.165, 1.54) is 6.07 Å². The molecule has 21 heavy (non-hydrogen) atoms. The number of nitrogens with zero attached hydrogens (tertiary/aromatic N) is 1. The van der Waals surface area contributed by atoms with Gasteiger partial charge in [0.15, 0.2) is 0 Å². The summed E-state index contributed by atoms with van der Waals surface area (Å²) in [6.07, 6.45) is 0. The van der Waals surface area contributed by atoms with Crippen LogP contribution in [0.4, 0.5) is 10.1 Å². The Labute approximate surface area is 134 Å². The van der Waals surface area contributed by atoms with E-state index in [1.54, 1.807) is 12.1 Å². The molecule has 0 aromatic heterocycles. The molecule has 0 aliphatic heterocycles. The van der Waals surface area contributed by atoms with Crippen LogP contribution in [0.15, 0.2) is 42.5 Å². The summed E-state index contributed by atoms with van der Waals surface area (Å²) in [5.74, 6) is -0.344. The van der Waals surface area contributed by atoms with E-state index in [4.69, 9.17) is 29.6 Å². The van der Waals surface area contributed by atoms with Gasteiger partial charge in [-0.2, -0.15) is 0 Å². The zero-order valence-corrected chi connectivity index (χ0v) is 13.4. The van der Waals surface area contributed by atoms with Crippen molar-refractivity contribution in [2.24, 2.45) is 5.73 Å². The van der Waals surface area contributed by atoms with Crippen molar-refractivity contribution in [2.75, 3.05) is 11.9 Å². The Balaban J connectivity index is 2.28. The molecule has 0 fully saturated rings. The van der Waals surface area contributed by atoms with Crippen LogP contribution in [-0.4, -0.2) is 12.0 Å². The molecule has 0 aliphatic rings. The van der Waals surface area contributed by atoms with E-state index in [-0.39, 0.29) is 16.8 Å². The van der Waals surface area contributed by atoms with Crippen LogP contribution in [0.1, 0.15) is 24.1 Å². The number of halogens is 2. The summed E-state index contributed by atoms with van der Waals surface area (Å²) in [5, 5.41) is 0.681. The Hall–Kier alpha value is -1.65. The molecule has 1 unspecified atom stereocenters. The highest BCUT2D eigenvalue weighted by molar-refractivity contribution is 7.80. The summed E-state index contributed by atoms with van der Waals surface area (Å²) in [6, 6.07) is 12.3. The number of thiocarbonyl (C=S) groups is 1. The molecule has 2 rings (SSSR count). The second-order valence-corrected chi connectivity index (χ2v) is 5.75. The third kappa shape index (κ3) is 3.52. The standard InChI is InChI=1S/C16H16ClFN2S/c1-10(11-3-6-13(17)7-4-11)20(2)15-8-5-12(16(19)21)9-14(15)18/h3-10H,1-2H3,(H2,19,21). The summed E-state index contributed by atoms with van der Waals surface area (Å²) in [6.45, 7) is 2.00. The molecule has 2 aromatic carbocycles. The highest BCUT2D eigenvalue weighted by atomic mass is 35.5. The van der Waals surface area contributed by atoms with Gasteiger partial charge in [-0.15, -0.1) is 0 Å². The molecule has 5 heteroatoms. The lowest BCUT2D eigenvalue weighted by Gasteiger charge is -2.28. The summed E-state index contributed by atoms with van der Waals surface area (Å²) in [7, 11) is 1.85. The minimum absolute atomic E-state index is 0.00689. The third-order valence-electron chi connectivity index (χ3n) is 3.55. The van der Waals surface area contributed by atoms with Crippen LogP contribution in [0.3, 0.4) is 0 Å². The maximum Gasteiger partial charge on any atom is 0.147 e. The second-order valence-electron chi connectivity index (χ2n) is 4.87. The number of anilines is 1. The lowest BCUT2D eigenvalue weighted by atomic mass is 10.1. The smallest absolute Gasteiger partial charge is 0.147 e. The van der Waals surface area contributed by atoms with Gasteiger partial charge in [-0.3, -0.25) is 0 Å². The molecular formula is C16H16ClFN2S. The van der Waals surface area contributed by atoms with E-state index in [0.29, 0.717) is 16.3 Å². The molecule has 0 bridgehead atoms. The van der Waals surface area contributed by atoms with Crippen molar-refractivity contribution >= 4 is 34.5 Å². The fourth-order valence-electron chi connectivity index (χ4n) is 2.12. The van der Waals surface area contributed by atoms with E-state index in [2.05, 4.69) is 0 Å². The van der Waals surface area contributed by atoms with Crippen LogP contribution < -0.4 is 10.6 Å². The van der Waals surface area contributed by atoms with E-state index >= 15 is 0 Å². The fraction of sp³-hybridized carbons (Fsp3) is 0.188. The number of hydrogen-bond acceptors (Lipinski definition) is 2. The minimum atomic E-state index is -0.344. The van der Waals surface area contributed by atoms with Gasteiger partial charge in [0, 0.05) is 17.6 Å². The first-order valence-corrected chi connectivity index (χ1v) is 7.26. The van der Waals surface area contributed by atoms with Crippen molar-refractivity contribution in [3.63, 3.8) is 0 Å². The molecule has 2 N–H and O–H groups in total. The minimum Gasteiger partial charge on any atom is -0.389 e. The third-order valence-corrected chi connectivity index (χ3v) is 4.03. The van der Waals surface area contributed by atoms with E-state index in [1.807, 2.05) is 43.1 Å². The molecule has 0 radical (unpaired) electrons. The van der Waals surface area contributed by atoms with Gasteiger partial charge in [-0.1, -0.05) is 36.0 Å². The first kappa shape index (κ1) is 15.7. The predicted octanol–water partition coefficient (Wildman–Crippen LogP) is 4.31.